The molecule has 1 aromatic rings. The van der Waals surface area contributed by atoms with Crippen LogP contribution in [0.25, 0.3) is 6.08 Å². The number of nitrogens with zero attached hydrogens (tertiary/aromatic N) is 2. The summed E-state index contributed by atoms with van der Waals surface area (Å²) in [6, 6.07) is 2.06. The third kappa shape index (κ3) is 3.58. The lowest BCUT2D eigenvalue weighted by Crippen LogP contribution is -2.43. The van der Waals surface area contributed by atoms with Crippen LogP contribution in [0.2, 0.25) is 0 Å². The first-order valence-electron chi connectivity index (χ1n) is 6.05. The highest BCUT2D eigenvalue weighted by atomic mass is 32.2. The van der Waals surface area contributed by atoms with Crippen LogP contribution in [-0.2, 0) is 0 Å². The van der Waals surface area contributed by atoms with Crippen LogP contribution in [0.15, 0.2) is 23.9 Å². The third-order valence-electron chi connectivity index (χ3n) is 2.78. The van der Waals surface area contributed by atoms with Gasteiger partial charge < -0.3 is 10.2 Å². The van der Waals surface area contributed by atoms with Gasteiger partial charge in [-0.1, -0.05) is 11.8 Å². The van der Waals surface area contributed by atoms with Crippen molar-refractivity contribution in [1.29, 1.82) is 5.41 Å². The van der Waals surface area contributed by atoms with Crippen molar-refractivity contribution in [3.05, 3.63) is 29.4 Å². The molecule has 0 atom stereocenters. The van der Waals surface area contributed by atoms with Gasteiger partial charge in [0.05, 0.1) is 5.04 Å². The van der Waals surface area contributed by atoms with Crippen molar-refractivity contribution in [3.63, 3.8) is 0 Å². The van der Waals surface area contributed by atoms with Crippen LogP contribution in [-0.4, -0.2) is 36.2 Å². The molecule has 4 nitrogen and oxygen atoms in total. The summed E-state index contributed by atoms with van der Waals surface area (Å²) in [4.78, 5) is 6.56. The second-order valence-corrected chi connectivity index (χ2v) is 5.27. The monoisotopic (exact) mass is 262 g/mol. The van der Waals surface area contributed by atoms with Gasteiger partial charge in [-0.25, -0.2) is 0 Å². The minimum atomic E-state index is 0.596. The van der Waals surface area contributed by atoms with Crippen LogP contribution < -0.4 is 10.2 Å². The average molecular weight is 262 g/mol. The van der Waals surface area contributed by atoms with Gasteiger partial charge in [0.25, 0.3) is 0 Å². The Balaban J connectivity index is 2.14. The fraction of sp³-hybridized carbons (Fsp3) is 0.385. The van der Waals surface area contributed by atoms with Gasteiger partial charge in [-0.05, 0) is 24.5 Å². The van der Waals surface area contributed by atoms with Crippen LogP contribution in [0.5, 0.6) is 0 Å². The van der Waals surface area contributed by atoms with Crippen molar-refractivity contribution in [2.45, 2.75) is 6.92 Å². The van der Waals surface area contributed by atoms with Crippen molar-refractivity contribution in [1.82, 2.24) is 10.3 Å². The smallest absolute Gasteiger partial charge is 0.0652 e. The van der Waals surface area contributed by atoms with Crippen molar-refractivity contribution in [3.8, 4) is 0 Å². The van der Waals surface area contributed by atoms with Gasteiger partial charge >= 0.3 is 0 Å². The van der Waals surface area contributed by atoms with E-state index in [2.05, 4.69) is 21.3 Å². The number of hydrogen-bond acceptors (Lipinski definition) is 5. The maximum atomic E-state index is 7.39. The lowest BCUT2D eigenvalue weighted by Gasteiger charge is -2.30. The first-order chi connectivity index (χ1) is 8.77. The molecule has 2 rings (SSSR count). The molecule has 1 aromatic heterocycles. The summed E-state index contributed by atoms with van der Waals surface area (Å²) in [5.74, 6) is 0. The molecule has 0 saturated carbocycles. The Morgan fingerprint density at radius 2 is 2.28 bits per heavy atom. The predicted octanol–water partition coefficient (Wildman–Crippen LogP) is 2.19. The Hall–Kier alpha value is -1.33. The van der Waals surface area contributed by atoms with Gasteiger partial charge in [-0.3, -0.25) is 10.4 Å². The van der Waals surface area contributed by atoms with E-state index in [9.17, 15) is 0 Å². The van der Waals surface area contributed by atoms with Gasteiger partial charge in [-0.2, -0.15) is 0 Å². The molecular weight excluding hydrogens is 244 g/mol. The first-order valence-corrected chi connectivity index (χ1v) is 6.93. The zero-order valence-corrected chi connectivity index (χ0v) is 11.3. The van der Waals surface area contributed by atoms with E-state index in [-0.39, 0.29) is 0 Å². The molecule has 1 fully saturated rings. The van der Waals surface area contributed by atoms with Crippen LogP contribution in [0.4, 0.5) is 5.69 Å². The molecule has 2 N–H and O–H groups in total. The number of rotatable bonds is 3. The normalized spacial score (nSPS) is 16.2. The number of anilines is 1. The number of piperazine rings is 1. The molecule has 0 aliphatic carbocycles. The molecule has 1 aliphatic rings. The van der Waals surface area contributed by atoms with Crippen molar-refractivity contribution in [2.24, 2.45) is 0 Å². The molecule has 5 heteroatoms. The Bertz CT molecular complexity index is 438. The van der Waals surface area contributed by atoms with Crippen molar-refractivity contribution < 1.29 is 0 Å². The third-order valence-corrected chi connectivity index (χ3v) is 3.40. The van der Waals surface area contributed by atoms with Gasteiger partial charge in [0.15, 0.2) is 0 Å². The lowest BCUT2D eigenvalue weighted by molar-refractivity contribution is 0.589. The van der Waals surface area contributed by atoms with Crippen LogP contribution in [0, 0.1) is 5.41 Å². The largest absolute Gasteiger partial charge is 0.368 e. The SMILES string of the molecule is CC(=N)S/C=C/c1cnccc1N1CCNCC1. The van der Waals surface area contributed by atoms with E-state index in [0.29, 0.717) is 5.04 Å². The van der Waals surface area contributed by atoms with Gasteiger partial charge in [-0.15, -0.1) is 0 Å². The maximum Gasteiger partial charge on any atom is 0.0652 e. The summed E-state index contributed by atoms with van der Waals surface area (Å²) >= 11 is 1.43. The standard InChI is InChI=1S/C13H18N4S/c1-11(14)18-9-3-12-10-16-4-2-13(12)17-7-5-15-6-8-17/h2-4,9-10,14-15H,5-8H2,1H3/b9-3+,14-11?. The number of aromatic nitrogens is 1. The van der Waals surface area contributed by atoms with Crippen LogP contribution >= 0.6 is 11.8 Å². The molecule has 0 aromatic carbocycles. The quantitative estimate of drug-likeness (QED) is 0.647. The Morgan fingerprint density at radius 3 is 3.00 bits per heavy atom. The van der Waals surface area contributed by atoms with Crippen molar-refractivity contribution in [2.75, 3.05) is 31.1 Å². The zero-order chi connectivity index (χ0) is 12.8. The Labute approximate surface area is 112 Å². The summed E-state index contributed by atoms with van der Waals surface area (Å²) in [5, 5.41) is 13.3. The minimum absolute atomic E-state index is 0.596. The van der Waals surface area contributed by atoms with E-state index >= 15 is 0 Å². The van der Waals surface area contributed by atoms with Gasteiger partial charge in [0.2, 0.25) is 0 Å². The zero-order valence-electron chi connectivity index (χ0n) is 10.5. The van der Waals surface area contributed by atoms with Crippen LogP contribution in [0.1, 0.15) is 12.5 Å². The summed E-state index contributed by atoms with van der Waals surface area (Å²) in [7, 11) is 0. The highest BCUT2D eigenvalue weighted by molar-refractivity contribution is 8.16. The first kappa shape index (κ1) is 13.1. The van der Waals surface area contributed by atoms with E-state index in [4.69, 9.17) is 5.41 Å². The molecule has 1 saturated heterocycles. The molecule has 18 heavy (non-hydrogen) atoms. The van der Waals surface area contributed by atoms with E-state index in [1.807, 2.05) is 23.9 Å². The molecule has 96 valence electrons. The van der Waals surface area contributed by atoms with E-state index < -0.39 is 0 Å². The number of nitrogens with one attached hydrogen (secondary N) is 2. The molecule has 0 spiro atoms. The molecular formula is C13H18N4S. The van der Waals surface area contributed by atoms with Crippen LogP contribution in [0.3, 0.4) is 0 Å². The topological polar surface area (TPSA) is 52.0 Å². The van der Waals surface area contributed by atoms with Gasteiger partial charge in [0.1, 0.15) is 0 Å². The molecule has 0 bridgehead atoms. The van der Waals surface area contributed by atoms with E-state index in [1.165, 1.54) is 17.4 Å². The highest BCUT2D eigenvalue weighted by Gasteiger charge is 2.12. The van der Waals surface area contributed by atoms with E-state index in [1.54, 1.807) is 6.92 Å². The average Bonchev–Trinajstić information content (AvgIpc) is 2.40. The molecule has 0 amide bonds. The number of thioether (sulfide) groups is 1. The summed E-state index contributed by atoms with van der Waals surface area (Å²) < 4.78 is 0. The Morgan fingerprint density at radius 1 is 1.50 bits per heavy atom. The summed E-state index contributed by atoms with van der Waals surface area (Å²) in [5.41, 5.74) is 2.35. The number of hydrogen-bond donors (Lipinski definition) is 2. The Kier molecular flexibility index (Phi) is 4.78. The van der Waals surface area contributed by atoms with Gasteiger partial charge in [0, 0.05) is 49.8 Å². The highest BCUT2D eigenvalue weighted by Crippen LogP contribution is 2.22. The van der Waals surface area contributed by atoms with Crippen molar-refractivity contribution >= 4 is 28.6 Å². The molecule has 0 radical (unpaired) electrons. The fourth-order valence-corrected chi connectivity index (χ4v) is 2.35. The molecule has 1 aliphatic heterocycles. The maximum absolute atomic E-state index is 7.39. The number of pyridine rings is 1. The summed E-state index contributed by atoms with van der Waals surface area (Å²) in [6.45, 7) is 5.90. The molecule has 2 heterocycles. The molecule has 0 unspecified atom stereocenters. The second-order valence-electron chi connectivity index (χ2n) is 4.15. The van der Waals surface area contributed by atoms with E-state index in [0.717, 1.165) is 31.7 Å². The summed E-state index contributed by atoms with van der Waals surface area (Å²) in [6.07, 6.45) is 5.75. The second kappa shape index (κ2) is 6.56. The predicted molar refractivity (Wildman–Crippen MR) is 79.3 cm³/mol. The fourth-order valence-electron chi connectivity index (χ4n) is 1.93. The minimum Gasteiger partial charge on any atom is -0.368 e. The lowest BCUT2D eigenvalue weighted by atomic mass is 10.2.